The van der Waals surface area contributed by atoms with Gasteiger partial charge in [-0.05, 0) is 23.8 Å². The average molecular weight is 286 g/mol. The molecular formula is C15H11FN2O3. The Kier molecular flexibility index (Phi) is 3.13. The number of nitrogens with zero attached hydrogens (tertiary/aromatic N) is 2. The fraction of sp³-hybridized carbons (Fsp3) is 0.133. The summed E-state index contributed by atoms with van der Waals surface area (Å²) in [6, 6.07) is 9.82. The van der Waals surface area contributed by atoms with Crippen LogP contribution in [0.25, 0.3) is 0 Å². The van der Waals surface area contributed by atoms with Crippen LogP contribution in [0.5, 0.6) is 0 Å². The summed E-state index contributed by atoms with van der Waals surface area (Å²) in [5.74, 6) is -2.50. The molecule has 6 heteroatoms. The number of carbonyl (C=O) groups excluding carboxylic acids is 1. The summed E-state index contributed by atoms with van der Waals surface area (Å²) in [5.41, 5.74) is 1.19. The second-order valence-electron chi connectivity index (χ2n) is 4.71. The van der Waals surface area contributed by atoms with Crippen LogP contribution in [-0.4, -0.2) is 28.0 Å². The van der Waals surface area contributed by atoms with Gasteiger partial charge in [-0.1, -0.05) is 24.3 Å². The van der Waals surface area contributed by atoms with Crippen molar-refractivity contribution in [3.05, 3.63) is 59.7 Å². The molecule has 1 atom stereocenters. The van der Waals surface area contributed by atoms with E-state index in [1.807, 2.05) is 0 Å². The predicted molar refractivity (Wildman–Crippen MR) is 72.6 cm³/mol. The number of carboxylic acid groups (broad SMARTS) is 1. The molecule has 1 amide bonds. The van der Waals surface area contributed by atoms with Crippen LogP contribution in [0.15, 0.2) is 42.5 Å². The zero-order chi connectivity index (χ0) is 15.0. The van der Waals surface area contributed by atoms with E-state index in [2.05, 4.69) is 4.98 Å². The van der Waals surface area contributed by atoms with Gasteiger partial charge in [-0.15, -0.1) is 0 Å². The number of aromatic nitrogens is 1. The van der Waals surface area contributed by atoms with E-state index in [1.54, 1.807) is 24.3 Å². The third-order valence-corrected chi connectivity index (χ3v) is 3.41. The number of anilines is 1. The van der Waals surface area contributed by atoms with Crippen molar-refractivity contribution in [1.29, 1.82) is 0 Å². The second-order valence-corrected chi connectivity index (χ2v) is 4.71. The largest absolute Gasteiger partial charge is 0.480 e. The number of rotatable bonds is 2. The molecule has 1 aliphatic heterocycles. The maximum absolute atomic E-state index is 13.2. The minimum Gasteiger partial charge on any atom is -0.480 e. The number of aliphatic carboxylic acids is 1. The van der Waals surface area contributed by atoms with Crippen molar-refractivity contribution in [2.75, 3.05) is 4.90 Å². The third-order valence-electron chi connectivity index (χ3n) is 3.41. The van der Waals surface area contributed by atoms with Crippen molar-refractivity contribution in [2.24, 2.45) is 0 Å². The maximum atomic E-state index is 13.2. The van der Waals surface area contributed by atoms with Crippen LogP contribution < -0.4 is 4.90 Å². The number of hydrogen-bond donors (Lipinski definition) is 1. The molecule has 1 aromatic heterocycles. The summed E-state index contributed by atoms with van der Waals surface area (Å²) in [7, 11) is 0. The smallest absolute Gasteiger partial charge is 0.327 e. The van der Waals surface area contributed by atoms with Gasteiger partial charge in [0.2, 0.25) is 5.95 Å². The Labute approximate surface area is 119 Å². The maximum Gasteiger partial charge on any atom is 0.327 e. The van der Waals surface area contributed by atoms with Crippen LogP contribution in [0.3, 0.4) is 0 Å². The highest BCUT2D eigenvalue weighted by molar-refractivity contribution is 6.09. The molecule has 1 aliphatic rings. The molecule has 0 radical (unpaired) electrons. The normalized spacial score (nSPS) is 16.6. The van der Waals surface area contributed by atoms with Crippen molar-refractivity contribution in [3.63, 3.8) is 0 Å². The van der Waals surface area contributed by atoms with Gasteiger partial charge in [0.15, 0.2) is 0 Å². The van der Waals surface area contributed by atoms with Crippen molar-refractivity contribution in [1.82, 2.24) is 4.98 Å². The minimum atomic E-state index is -1.10. The summed E-state index contributed by atoms with van der Waals surface area (Å²) in [4.78, 5) is 28.6. The highest BCUT2D eigenvalue weighted by atomic mass is 19.1. The summed E-state index contributed by atoms with van der Waals surface area (Å²) < 4.78 is 13.2. The molecule has 0 fully saturated rings. The van der Waals surface area contributed by atoms with Crippen LogP contribution in [0.2, 0.25) is 0 Å². The molecule has 0 unspecified atom stereocenters. The first-order valence-corrected chi connectivity index (χ1v) is 6.35. The van der Waals surface area contributed by atoms with Gasteiger partial charge >= 0.3 is 5.97 Å². The molecule has 1 aromatic carbocycles. The Morgan fingerprint density at radius 2 is 1.95 bits per heavy atom. The van der Waals surface area contributed by atoms with E-state index < -0.39 is 23.9 Å². The second kappa shape index (κ2) is 4.97. The highest BCUT2D eigenvalue weighted by Crippen LogP contribution is 2.33. The van der Waals surface area contributed by atoms with Gasteiger partial charge in [-0.3, -0.25) is 9.69 Å². The fourth-order valence-electron chi connectivity index (χ4n) is 2.49. The zero-order valence-corrected chi connectivity index (χ0v) is 10.9. The van der Waals surface area contributed by atoms with Crippen molar-refractivity contribution in [3.8, 4) is 0 Å². The van der Waals surface area contributed by atoms with Crippen LogP contribution in [-0.2, 0) is 11.2 Å². The van der Waals surface area contributed by atoms with E-state index in [0.29, 0.717) is 5.69 Å². The van der Waals surface area contributed by atoms with Crippen LogP contribution in [0.4, 0.5) is 10.1 Å². The van der Waals surface area contributed by atoms with Crippen LogP contribution >= 0.6 is 0 Å². The van der Waals surface area contributed by atoms with Gasteiger partial charge in [-0.2, -0.15) is 4.39 Å². The van der Waals surface area contributed by atoms with E-state index in [0.717, 1.165) is 11.6 Å². The SMILES string of the molecule is O=C(O)[C@@H]1Cc2ccccc2N1C(=O)c1cccc(F)n1. The molecule has 1 N–H and O–H groups in total. The van der Waals surface area contributed by atoms with E-state index in [9.17, 15) is 19.1 Å². The summed E-state index contributed by atoms with van der Waals surface area (Å²) in [6.45, 7) is 0. The van der Waals surface area contributed by atoms with Gasteiger partial charge in [0.1, 0.15) is 11.7 Å². The van der Waals surface area contributed by atoms with E-state index in [1.165, 1.54) is 17.0 Å². The first-order chi connectivity index (χ1) is 10.1. The van der Waals surface area contributed by atoms with Crippen molar-refractivity contribution < 1.29 is 19.1 Å². The Balaban J connectivity index is 2.05. The molecule has 3 rings (SSSR count). The molecule has 21 heavy (non-hydrogen) atoms. The first-order valence-electron chi connectivity index (χ1n) is 6.35. The molecule has 2 aromatic rings. The lowest BCUT2D eigenvalue weighted by Crippen LogP contribution is -2.43. The minimum absolute atomic E-state index is 0.113. The first kappa shape index (κ1) is 13.2. The number of carbonyl (C=O) groups is 2. The quantitative estimate of drug-likeness (QED) is 0.856. The van der Waals surface area contributed by atoms with Crippen LogP contribution in [0, 0.1) is 5.95 Å². The highest BCUT2D eigenvalue weighted by Gasteiger charge is 2.39. The van der Waals surface area contributed by atoms with Gasteiger partial charge in [-0.25, -0.2) is 9.78 Å². The topological polar surface area (TPSA) is 70.5 Å². The molecule has 2 heterocycles. The Bertz CT molecular complexity index is 732. The summed E-state index contributed by atoms with van der Waals surface area (Å²) >= 11 is 0. The van der Waals surface area contributed by atoms with E-state index in [4.69, 9.17) is 0 Å². The average Bonchev–Trinajstić information content (AvgIpc) is 2.86. The third kappa shape index (κ3) is 2.24. The van der Waals surface area contributed by atoms with Gasteiger partial charge in [0.05, 0.1) is 0 Å². The number of benzene rings is 1. The van der Waals surface area contributed by atoms with Crippen molar-refractivity contribution >= 4 is 17.6 Å². The van der Waals surface area contributed by atoms with Gasteiger partial charge in [0, 0.05) is 12.1 Å². The predicted octanol–water partition coefficient (Wildman–Crippen LogP) is 1.88. The monoisotopic (exact) mass is 286 g/mol. The molecule has 0 spiro atoms. The number of amides is 1. The van der Waals surface area contributed by atoms with Crippen molar-refractivity contribution in [2.45, 2.75) is 12.5 Å². The van der Waals surface area contributed by atoms with E-state index >= 15 is 0 Å². The lowest BCUT2D eigenvalue weighted by Gasteiger charge is -2.22. The summed E-state index contributed by atoms with van der Waals surface area (Å²) in [6.07, 6.45) is 0.229. The molecule has 0 bridgehead atoms. The number of pyridine rings is 1. The fourth-order valence-corrected chi connectivity index (χ4v) is 2.49. The molecule has 0 saturated carbocycles. The van der Waals surface area contributed by atoms with Crippen LogP contribution in [0.1, 0.15) is 16.1 Å². The number of halogens is 1. The Morgan fingerprint density at radius 3 is 2.67 bits per heavy atom. The number of para-hydroxylation sites is 1. The lowest BCUT2D eigenvalue weighted by atomic mass is 10.1. The molecule has 106 valence electrons. The standard InChI is InChI=1S/C15H11FN2O3/c16-13-7-3-5-10(17-13)14(19)18-11-6-2-1-4-9(11)8-12(18)15(20)21/h1-7,12H,8H2,(H,20,21)/t12-/m0/s1. The van der Waals surface area contributed by atoms with Gasteiger partial charge in [0.25, 0.3) is 5.91 Å². The molecular weight excluding hydrogens is 275 g/mol. The van der Waals surface area contributed by atoms with E-state index in [-0.39, 0.29) is 12.1 Å². The lowest BCUT2D eigenvalue weighted by molar-refractivity contribution is -0.138. The number of carboxylic acids is 1. The molecule has 0 saturated heterocycles. The molecule has 0 aliphatic carbocycles. The Morgan fingerprint density at radius 1 is 1.19 bits per heavy atom. The zero-order valence-electron chi connectivity index (χ0n) is 10.9. The number of fused-ring (bicyclic) bond motifs is 1. The summed E-state index contributed by atoms with van der Waals surface area (Å²) in [5, 5.41) is 9.32. The Hall–Kier alpha value is -2.76. The molecule has 5 nitrogen and oxygen atoms in total. The van der Waals surface area contributed by atoms with Gasteiger partial charge < -0.3 is 5.11 Å². The number of hydrogen-bond acceptors (Lipinski definition) is 3.